The number of hydrogen-bond acceptors (Lipinski definition) is 5. The predicted molar refractivity (Wildman–Crippen MR) is 68.9 cm³/mol. The Morgan fingerprint density at radius 1 is 1.53 bits per heavy atom. The van der Waals surface area contributed by atoms with Gasteiger partial charge in [-0.3, -0.25) is 0 Å². The van der Waals surface area contributed by atoms with Crippen molar-refractivity contribution in [3.63, 3.8) is 0 Å². The van der Waals surface area contributed by atoms with E-state index >= 15 is 0 Å². The van der Waals surface area contributed by atoms with Crippen LogP contribution >= 0.6 is 11.6 Å². The molecule has 1 aliphatic heterocycles. The molecular formula is C11H12ClN3O3S. The van der Waals surface area contributed by atoms with Crippen LogP contribution in [0.3, 0.4) is 0 Å². The lowest BCUT2D eigenvalue weighted by atomic mass is 10.2. The van der Waals surface area contributed by atoms with Gasteiger partial charge in [0.2, 0.25) is 10.0 Å². The van der Waals surface area contributed by atoms with E-state index in [0.29, 0.717) is 6.61 Å². The van der Waals surface area contributed by atoms with Gasteiger partial charge < -0.3 is 10.5 Å². The van der Waals surface area contributed by atoms with Crippen molar-refractivity contribution < 1.29 is 13.2 Å². The lowest BCUT2D eigenvalue weighted by Gasteiger charge is -2.31. The van der Waals surface area contributed by atoms with E-state index < -0.39 is 16.2 Å². The summed E-state index contributed by atoms with van der Waals surface area (Å²) in [7, 11) is -3.72. The highest BCUT2D eigenvalue weighted by atomic mass is 35.5. The van der Waals surface area contributed by atoms with Crippen LogP contribution < -0.4 is 5.73 Å². The van der Waals surface area contributed by atoms with Gasteiger partial charge >= 0.3 is 0 Å². The van der Waals surface area contributed by atoms with Crippen LogP contribution in [0.25, 0.3) is 0 Å². The fourth-order valence-corrected chi connectivity index (χ4v) is 3.59. The molecule has 1 saturated heterocycles. The van der Waals surface area contributed by atoms with Crippen molar-refractivity contribution in [1.82, 2.24) is 4.31 Å². The van der Waals surface area contributed by atoms with Gasteiger partial charge in [-0.15, -0.1) is 0 Å². The number of sulfonamides is 1. The van der Waals surface area contributed by atoms with Crippen LogP contribution in [0, 0.1) is 11.3 Å². The molecule has 0 saturated carbocycles. The third-order valence-electron chi connectivity index (χ3n) is 2.78. The van der Waals surface area contributed by atoms with Gasteiger partial charge in [-0.2, -0.15) is 9.57 Å². The summed E-state index contributed by atoms with van der Waals surface area (Å²) in [5.74, 6) is 0. The standard InChI is InChI=1S/C11H12ClN3O3S/c12-10-5-9(2-1-8(10)6-13)19(16,17)15-3-4-18-7-11(15)14/h1-2,5,11H,3-4,7,14H2. The highest BCUT2D eigenvalue weighted by molar-refractivity contribution is 7.89. The molecule has 1 aliphatic rings. The summed E-state index contributed by atoms with van der Waals surface area (Å²) in [4.78, 5) is 0.0221. The van der Waals surface area contributed by atoms with Crippen LogP contribution in [0.5, 0.6) is 0 Å². The fourth-order valence-electron chi connectivity index (χ4n) is 1.79. The number of nitrogens with zero attached hydrogens (tertiary/aromatic N) is 2. The summed E-state index contributed by atoms with van der Waals surface area (Å²) in [5, 5.41) is 8.87. The Bertz CT molecular complexity index is 627. The van der Waals surface area contributed by atoms with Gasteiger partial charge in [-0.25, -0.2) is 8.42 Å². The van der Waals surface area contributed by atoms with Crippen LogP contribution in [0.2, 0.25) is 5.02 Å². The predicted octanol–water partition coefficient (Wildman–Crippen LogP) is 0.517. The molecule has 6 nitrogen and oxygen atoms in total. The molecule has 0 aromatic heterocycles. The molecule has 2 rings (SSSR count). The Kier molecular flexibility index (Phi) is 4.08. The van der Waals surface area contributed by atoms with Crippen molar-refractivity contribution in [2.24, 2.45) is 5.73 Å². The molecule has 1 aromatic carbocycles. The quantitative estimate of drug-likeness (QED) is 0.859. The van der Waals surface area contributed by atoms with E-state index in [0.717, 1.165) is 0 Å². The van der Waals surface area contributed by atoms with E-state index in [1.165, 1.54) is 22.5 Å². The molecule has 1 unspecified atom stereocenters. The zero-order valence-electron chi connectivity index (χ0n) is 9.91. The smallest absolute Gasteiger partial charge is 0.244 e. The largest absolute Gasteiger partial charge is 0.377 e. The Hall–Kier alpha value is -1.17. The second-order valence-corrected chi connectivity index (χ2v) is 6.31. The van der Waals surface area contributed by atoms with Gasteiger partial charge in [-0.1, -0.05) is 11.6 Å². The van der Waals surface area contributed by atoms with Gasteiger partial charge in [0.15, 0.2) is 0 Å². The molecule has 19 heavy (non-hydrogen) atoms. The van der Waals surface area contributed by atoms with Gasteiger partial charge in [-0.05, 0) is 18.2 Å². The van der Waals surface area contributed by atoms with Crippen molar-refractivity contribution in [3.05, 3.63) is 28.8 Å². The van der Waals surface area contributed by atoms with Gasteiger partial charge in [0, 0.05) is 6.54 Å². The monoisotopic (exact) mass is 301 g/mol. The lowest BCUT2D eigenvalue weighted by Crippen LogP contribution is -2.53. The fraction of sp³-hybridized carbons (Fsp3) is 0.364. The number of halogens is 1. The SMILES string of the molecule is N#Cc1ccc(S(=O)(=O)N2CCOCC2N)cc1Cl. The van der Waals surface area contributed by atoms with Gasteiger partial charge in [0.05, 0.1) is 34.9 Å². The molecule has 0 amide bonds. The molecule has 8 heteroatoms. The van der Waals surface area contributed by atoms with Crippen molar-refractivity contribution in [3.8, 4) is 6.07 Å². The topological polar surface area (TPSA) is 96.4 Å². The van der Waals surface area contributed by atoms with Crippen LogP contribution in [0.15, 0.2) is 23.1 Å². The third-order valence-corrected chi connectivity index (χ3v) is 5.02. The molecule has 0 spiro atoms. The molecule has 0 aliphatic carbocycles. The van der Waals surface area contributed by atoms with E-state index in [2.05, 4.69) is 0 Å². The molecule has 1 atom stereocenters. The second kappa shape index (κ2) is 5.45. The van der Waals surface area contributed by atoms with Crippen LogP contribution in [0.4, 0.5) is 0 Å². The minimum absolute atomic E-state index is 0.0221. The average Bonchev–Trinajstić information content (AvgIpc) is 2.39. The first kappa shape index (κ1) is 14.2. The molecule has 102 valence electrons. The normalized spacial score (nSPS) is 21.0. The highest BCUT2D eigenvalue weighted by Gasteiger charge is 2.32. The highest BCUT2D eigenvalue weighted by Crippen LogP contribution is 2.24. The molecule has 1 heterocycles. The first-order valence-electron chi connectivity index (χ1n) is 5.51. The Morgan fingerprint density at radius 3 is 2.84 bits per heavy atom. The third kappa shape index (κ3) is 2.73. The van der Waals surface area contributed by atoms with E-state index in [1.807, 2.05) is 6.07 Å². The number of ether oxygens (including phenoxy) is 1. The molecule has 1 fully saturated rings. The summed E-state index contributed by atoms with van der Waals surface area (Å²) < 4.78 is 31.1. The number of nitriles is 1. The maximum atomic E-state index is 12.4. The minimum atomic E-state index is -3.72. The van der Waals surface area contributed by atoms with Crippen molar-refractivity contribution in [2.75, 3.05) is 19.8 Å². The van der Waals surface area contributed by atoms with Crippen LogP contribution in [0.1, 0.15) is 5.56 Å². The number of morpholine rings is 1. The maximum absolute atomic E-state index is 12.4. The second-order valence-electron chi connectivity index (χ2n) is 4.01. The number of nitrogens with two attached hydrogens (primary N) is 1. The summed E-state index contributed by atoms with van der Waals surface area (Å²) in [6, 6.07) is 5.86. The Balaban J connectivity index is 2.39. The molecule has 2 N–H and O–H groups in total. The maximum Gasteiger partial charge on any atom is 0.244 e. The average molecular weight is 302 g/mol. The summed E-state index contributed by atoms with van der Waals surface area (Å²) in [6.07, 6.45) is -0.715. The Morgan fingerprint density at radius 2 is 2.26 bits per heavy atom. The lowest BCUT2D eigenvalue weighted by molar-refractivity contribution is 0.0350. The first-order chi connectivity index (χ1) is 8.96. The minimum Gasteiger partial charge on any atom is -0.377 e. The zero-order chi connectivity index (χ0) is 14.0. The summed E-state index contributed by atoms with van der Waals surface area (Å²) >= 11 is 5.85. The van der Waals surface area contributed by atoms with Crippen LogP contribution in [-0.4, -0.2) is 38.6 Å². The van der Waals surface area contributed by atoms with Gasteiger partial charge in [0.1, 0.15) is 6.07 Å². The van der Waals surface area contributed by atoms with E-state index in [-0.39, 0.29) is 28.6 Å². The molecule has 1 aromatic rings. The Labute approximate surface area is 116 Å². The van der Waals surface area contributed by atoms with Crippen molar-refractivity contribution >= 4 is 21.6 Å². The number of benzene rings is 1. The molecule has 0 radical (unpaired) electrons. The van der Waals surface area contributed by atoms with Crippen LogP contribution in [-0.2, 0) is 14.8 Å². The van der Waals surface area contributed by atoms with Crippen molar-refractivity contribution in [1.29, 1.82) is 5.26 Å². The number of rotatable bonds is 2. The van der Waals surface area contributed by atoms with E-state index in [9.17, 15) is 8.42 Å². The van der Waals surface area contributed by atoms with E-state index in [1.54, 1.807) is 0 Å². The summed E-state index contributed by atoms with van der Waals surface area (Å²) in [5.41, 5.74) is 5.96. The van der Waals surface area contributed by atoms with E-state index in [4.69, 9.17) is 27.3 Å². The summed E-state index contributed by atoms with van der Waals surface area (Å²) in [6.45, 7) is 0.654. The zero-order valence-corrected chi connectivity index (χ0v) is 11.5. The molecular weight excluding hydrogens is 290 g/mol. The molecule has 0 bridgehead atoms. The van der Waals surface area contributed by atoms with Crippen molar-refractivity contribution in [2.45, 2.75) is 11.1 Å². The number of hydrogen-bond donors (Lipinski definition) is 1. The first-order valence-corrected chi connectivity index (χ1v) is 7.33. The van der Waals surface area contributed by atoms with Gasteiger partial charge in [0.25, 0.3) is 0 Å².